The van der Waals surface area contributed by atoms with Crippen LogP contribution in [-0.2, 0) is 4.79 Å². The highest BCUT2D eigenvalue weighted by Gasteiger charge is 2.21. The Labute approximate surface area is 140 Å². The second-order valence-electron chi connectivity index (χ2n) is 5.16. The predicted molar refractivity (Wildman–Crippen MR) is 93.8 cm³/mol. The van der Waals surface area contributed by atoms with Crippen LogP contribution in [0.15, 0.2) is 41.6 Å². The molecule has 1 aromatic carbocycles. The van der Waals surface area contributed by atoms with E-state index in [0.29, 0.717) is 23.2 Å². The van der Waals surface area contributed by atoms with Crippen LogP contribution < -0.4 is 16.8 Å². The number of carbonyl (C=O) groups excluding carboxylic acids is 1. The summed E-state index contributed by atoms with van der Waals surface area (Å²) in [7, 11) is 0. The molecule has 0 radical (unpaired) electrons. The minimum Gasteiger partial charge on any atom is -0.383 e. The van der Waals surface area contributed by atoms with Crippen molar-refractivity contribution in [2.45, 2.75) is 36.7 Å². The molecule has 0 aliphatic heterocycles. The predicted octanol–water partition coefficient (Wildman–Crippen LogP) is 2.39. The number of amides is 1. The van der Waals surface area contributed by atoms with Crippen LogP contribution in [0.4, 0.5) is 11.6 Å². The van der Waals surface area contributed by atoms with E-state index in [2.05, 4.69) is 15.3 Å². The van der Waals surface area contributed by atoms with Crippen LogP contribution in [0.25, 0.3) is 0 Å². The lowest BCUT2D eigenvalue weighted by molar-refractivity contribution is -0.121. The lowest BCUT2D eigenvalue weighted by Crippen LogP contribution is -2.34. The fourth-order valence-corrected chi connectivity index (χ4v) is 3.01. The first-order chi connectivity index (χ1) is 11.0. The van der Waals surface area contributed by atoms with Gasteiger partial charge < -0.3 is 16.8 Å². The monoisotopic (exact) mass is 331 g/mol. The van der Waals surface area contributed by atoms with Crippen molar-refractivity contribution in [3.8, 4) is 0 Å². The average molecular weight is 331 g/mol. The topological polar surface area (TPSA) is 107 Å². The first kappa shape index (κ1) is 17.1. The highest BCUT2D eigenvalue weighted by atomic mass is 32.2. The minimum atomic E-state index is -0.303. The maximum absolute atomic E-state index is 12.5. The van der Waals surface area contributed by atoms with Crippen molar-refractivity contribution in [1.29, 1.82) is 0 Å². The van der Waals surface area contributed by atoms with Crippen LogP contribution in [0.1, 0.15) is 31.9 Å². The van der Waals surface area contributed by atoms with Gasteiger partial charge >= 0.3 is 0 Å². The van der Waals surface area contributed by atoms with Crippen LogP contribution in [0.5, 0.6) is 0 Å². The summed E-state index contributed by atoms with van der Waals surface area (Å²) in [4.78, 5) is 20.7. The second kappa shape index (κ2) is 7.82. The lowest BCUT2D eigenvalue weighted by atomic mass is 10.1. The third-order valence-corrected chi connectivity index (χ3v) is 4.54. The van der Waals surface area contributed by atoms with E-state index in [1.54, 1.807) is 0 Å². The molecule has 0 aliphatic rings. The molecule has 0 fully saturated rings. The Bertz CT molecular complexity index is 645. The Hall–Kier alpha value is -2.28. The lowest BCUT2D eigenvalue weighted by Gasteiger charge is -2.19. The molecule has 0 spiro atoms. The van der Waals surface area contributed by atoms with Crippen molar-refractivity contribution in [2.75, 3.05) is 11.5 Å². The zero-order valence-corrected chi connectivity index (χ0v) is 14.0. The molecule has 1 heterocycles. The largest absolute Gasteiger partial charge is 0.383 e. The SMILES string of the molecule is CC[C@H](Sc1nc(N)cc(N)n1)C(=O)N[C@H](C)c1ccccc1. The molecule has 23 heavy (non-hydrogen) atoms. The van der Waals surface area contributed by atoms with Crippen molar-refractivity contribution >= 4 is 29.3 Å². The number of carbonyl (C=O) groups is 1. The van der Waals surface area contributed by atoms with Crippen LogP contribution in [0.2, 0.25) is 0 Å². The summed E-state index contributed by atoms with van der Waals surface area (Å²) < 4.78 is 0. The number of nitrogens with zero attached hydrogens (tertiary/aromatic N) is 2. The molecule has 2 atom stereocenters. The minimum absolute atomic E-state index is 0.0570. The fourth-order valence-electron chi connectivity index (χ4n) is 2.10. The standard InChI is InChI=1S/C16H21N5OS/c1-3-12(23-16-20-13(17)9-14(18)21-16)15(22)19-10(2)11-7-5-4-6-8-11/h4-10,12H,3H2,1-2H3,(H,19,22)(H4,17,18,20,21)/t10-,12+/m1/s1. The molecule has 2 rings (SSSR count). The summed E-state index contributed by atoms with van der Waals surface area (Å²) >= 11 is 1.27. The first-order valence-electron chi connectivity index (χ1n) is 7.41. The van der Waals surface area contributed by atoms with Gasteiger partial charge in [0.2, 0.25) is 5.91 Å². The third-order valence-electron chi connectivity index (χ3n) is 3.31. The summed E-state index contributed by atoms with van der Waals surface area (Å²) in [5.41, 5.74) is 12.4. The number of rotatable bonds is 6. The molecule has 0 saturated heterocycles. The van der Waals surface area contributed by atoms with Crippen LogP contribution in [0.3, 0.4) is 0 Å². The normalized spacial score (nSPS) is 13.3. The molecule has 7 heteroatoms. The van der Waals surface area contributed by atoms with E-state index in [0.717, 1.165) is 5.56 Å². The van der Waals surface area contributed by atoms with Crippen LogP contribution in [-0.4, -0.2) is 21.1 Å². The Kier molecular flexibility index (Phi) is 5.81. The maximum Gasteiger partial charge on any atom is 0.234 e. The number of nitrogens with one attached hydrogen (secondary N) is 1. The number of anilines is 2. The van der Waals surface area contributed by atoms with Gasteiger partial charge in [0.1, 0.15) is 11.6 Å². The third kappa shape index (κ3) is 4.85. The highest BCUT2D eigenvalue weighted by Crippen LogP contribution is 2.25. The molecule has 2 aromatic rings. The number of thioether (sulfide) groups is 1. The number of benzene rings is 1. The van der Waals surface area contributed by atoms with E-state index >= 15 is 0 Å². The van der Waals surface area contributed by atoms with Crippen molar-refractivity contribution in [3.05, 3.63) is 42.0 Å². The average Bonchev–Trinajstić information content (AvgIpc) is 2.52. The Morgan fingerprint density at radius 3 is 2.39 bits per heavy atom. The first-order valence-corrected chi connectivity index (χ1v) is 8.29. The van der Waals surface area contributed by atoms with E-state index < -0.39 is 0 Å². The number of nitrogens with two attached hydrogens (primary N) is 2. The van der Waals surface area contributed by atoms with Gasteiger partial charge in [-0.15, -0.1) is 0 Å². The molecular formula is C16H21N5OS. The van der Waals surface area contributed by atoms with E-state index in [1.165, 1.54) is 17.8 Å². The maximum atomic E-state index is 12.5. The molecule has 0 saturated carbocycles. The number of hydrogen-bond donors (Lipinski definition) is 3. The fraction of sp³-hybridized carbons (Fsp3) is 0.312. The number of aromatic nitrogens is 2. The van der Waals surface area contributed by atoms with E-state index in [-0.39, 0.29) is 17.2 Å². The summed E-state index contributed by atoms with van der Waals surface area (Å²) in [5, 5.41) is 3.13. The summed E-state index contributed by atoms with van der Waals surface area (Å²) in [6.45, 7) is 3.90. The van der Waals surface area contributed by atoms with Crippen molar-refractivity contribution in [2.24, 2.45) is 0 Å². The molecule has 0 bridgehead atoms. The van der Waals surface area contributed by atoms with E-state index in [9.17, 15) is 4.79 Å². The van der Waals surface area contributed by atoms with Crippen LogP contribution in [0, 0.1) is 0 Å². The van der Waals surface area contributed by atoms with Crippen molar-refractivity contribution in [3.63, 3.8) is 0 Å². The zero-order chi connectivity index (χ0) is 16.8. The van der Waals surface area contributed by atoms with Gasteiger partial charge in [-0.1, -0.05) is 49.0 Å². The Morgan fingerprint density at radius 2 is 1.83 bits per heavy atom. The van der Waals surface area contributed by atoms with Gasteiger partial charge in [0.05, 0.1) is 11.3 Å². The summed E-state index contributed by atoms with van der Waals surface area (Å²) in [6, 6.07) is 11.2. The number of hydrogen-bond acceptors (Lipinski definition) is 6. The van der Waals surface area contributed by atoms with Gasteiger partial charge in [-0.05, 0) is 18.9 Å². The molecule has 6 nitrogen and oxygen atoms in total. The molecule has 0 aliphatic carbocycles. The van der Waals surface area contributed by atoms with Gasteiger partial charge in [0.15, 0.2) is 5.16 Å². The molecule has 122 valence electrons. The van der Waals surface area contributed by atoms with Gasteiger partial charge in [-0.2, -0.15) is 0 Å². The van der Waals surface area contributed by atoms with Crippen LogP contribution >= 0.6 is 11.8 Å². The van der Waals surface area contributed by atoms with Gasteiger partial charge in [-0.3, -0.25) is 4.79 Å². The molecule has 5 N–H and O–H groups in total. The summed E-state index contributed by atoms with van der Waals surface area (Å²) in [5.74, 6) is 0.541. The number of nitrogen functional groups attached to an aromatic ring is 2. The quantitative estimate of drug-likeness (QED) is 0.554. The smallest absolute Gasteiger partial charge is 0.234 e. The summed E-state index contributed by atoms with van der Waals surface area (Å²) in [6.07, 6.45) is 0.649. The van der Waals surface area contributed by atoms with Gasteiger partial charge in [0.25, 0.3) is 0 Å². The van der Waals surface area contributed by atoms with Crippen molar-refractivity contribution < 1.29 is 4.79 Å². The Morgan fingerprint density at radius 1 is 1.22 bits per heavy atom. The molecule has 0 unspecified atom stereocenters. The zero-order valence-electron chi connectivity index (χ0n) is 13.2. The van der Waals surface area contributed by atoms with Gasteiger partial charge in [-0.25, -0.2) is 9.97 Å². The molecule has 1 aromatic heterocycles. The molecule has 1 amide bonds. The van der Waals surface area contributed by atoms with E-state index in [4.69, 9.17) is 11.5 Å². The van der Waals surface area contributed by atoms with Gasteiger partial charge in [0, 0.05) is 6.07 Å². The second-order valence-corrected chi connectivity index (χ2v) is 6.33. The highest BCUT2D eigenvalue weighted by molar-refractivity contribution is 8.00. The van der Waals surface area contributed by atoms with E-state index in [1.807, 2.05) is 44.2 Å². The van der Waals surface area contributed by atoms with Crippen molar-refractivity contribution in [1.82, 2.24) is 15.3 Å². The molecular weight excluding hydrogens is 310 g/mol. The Balaban J connectivity index is 2.03.